The fraction of sp³-hybridized carbons (Fsp3) is 0.353. The van der Waals surface area contributed by atoms with Crippen LogP contribution in [0.1, 0.15) is 27.2 Å². The highest BCUT2D eigenvalue weighted by Crippen LogP contribution is 2.19. The van der Waals surface area contributed by atoms with E-state index < -0.39 is 10.0 Å². The molecule has 0 unspecified atom stereocenters. The first-order valence-corrected chi connectivity index (χ1v) is 9.38. The van der Waals surface area contributed by atoms with Gasteiger partial charge in [-0.2, -0.15) is 0 Å². The Hall–Kier alpha value is -2.28. The van der Waals surface area contributed by atoms with Crippen molar-refractivity contribution < 1.29 is 13.2 Å². The Labute approximate surface area is 143 Å². The molecular formula is C17H23N3O3S. The Bertz CT molecular complexity index is 742. The van der Waals surface area contributed by atoms with Crippen LogP contribution in [0.4, 0.5) is 11.5 Å². The first kappa shape index (κ1) is 18.1. The molecule has 2 aromatic rings. The maximum Gasteiger partial charge on any atom is 0.263 e. The summed E-state index contributed by atoms with van der Waals surface area (Å²) in [5.74, 6) is 0.910. The summed E-state index contributed by atoms with van der Waals surface area (Å²) in [5.41, 5.74) is 0.856. The van der Waals surface area contributed by atoms with E-state index in [1.54, 1.807) is 30.5 Å². The Kier molecular flexibility index (Phi) is 6.03. The zero-order valence-corrected chi connectivity index (χ0v) is 14.9. The Balaban J connectivity index is 2.07. The highest BCUT2D eigenvalue weighted by molar-refractivity contribution is 7.92. The zero-order valence-electron chi connectivity index (χ0n) is 14.1. The molecule has 0 aliphatic heterocycles. The number of aromatic nitrogens is 1. The lowest BCUT2D eigenvalue weighted by Crippen LogP contribution is -2.14. The van der Waals surface area contributed by atoms with Gasteiger partial charge >= 0.3 is 0 Å². The Morgan fingerprint density at radius 1 is 1.12 bits per heavy atom. The highest BCUT2D eigenvalue weighted by Gasteiger charge is 2.15. The first-order valence-electron chi connectivity index (χ1n) is 7.90. The number of sulfonamides is 1. The van der Waals surface area contributed by atoms with Gasteiger partial charge in [0.2, 0.25) is 0 Å². The van der Waals surface area contributed by atoms with Crippen LogP contribution >= 0.6 is 0 Å². The molecule has 0 amide bonds. The largest absolute Gasteiger partial charge is 0.491 e. The smallest absolute Gasteiger partial charge is 0.263 e. The summed E-state index contributed by atoms with van der Waals surface area (Å²) < 4.78 is 32.8. The Morgan fingerprint density at radius 3 is 2.38 bits per heavy atom. The summed E-state index contributed by atoms with van der Waals surface area (Å²) in [6, 6.07) is 9.72. The predicted molar refractivity (Wildman–Crippen MR) is 96.0 cm³/mol. The third kappa shape index (κ3) is 5.13. The van der Waals surface area contributed by atoms with Gasteiger partial charge in [0.05, 0.1) is 22.9 Å². The minimum atomic E-state index is -3.68. The number of rotatable bonds is 8. The minimum Gasteiger partial charge on any atom is -0.491 e. The molecular weight excluding hydrogens is 326 g/mol. The van der Waals surface area contributed by atoms with Crippen molar-refractivity contribution in [3.8, 4) is 5.75 Å². The molecule has 0 aliphatic rings. The van der Waals surface area contributed by atoms with E-state index >= 15 is 0 Å². The fourth-order valence-electron chi connectivity index (χ4n) is 1.99. The quantitative estimate of drug-likeness (QED) is 0.762. The average molecular weight is 349 g/mol. The van der Waals surface area contributed by atoms with Crippen LogP contribution in [-0.4, -0.2) is 26.1 Å². The molecule has 1 aromatic carbocycles. The number of nitrogens with one attached hydrogen (secondary N) is 2. The molecule has 0 saturated carbocycles. The van der Waals surface area contributed by atoms with Crippen molar-refractivity contribution in [2.24, 2.45) is 0 Å². The van der Waals surface area contributed by atoms with E-state index in [1.807, 2.05) is 13.8 Å². The molecule has 1 aromatic heterocycles. The second-order valence-electron chi connectivity index (χ2n) is 5.60. The lowest BCUT2D eigenvalue weighted by Gasteiger charge is -2.11. The molecule has 0 aliphatic carbocycles. The number of nitrogens with zero attached hydrogens (tertiary/aromatic N) is 1. The summed E-state index contributed by atoms with van der Waals surface area (Å²) in [6.07, 6.45) is 2.65. The lowest BCUT2D eigenvalue weighted by atomic mass is 10.3. The van der Waals surface area contributed by atoms with Crippen molar-refractivity contribution in [3.63, 3.8) is 0 Å². The number of hydrogen-bond acceptors (Lipinski definition) is 5. The van der Waals surface area contributed by atoms with Gasteiger partial charge < -0.3 is 10.1 Å². The lowest BCUT2D eigenvalue weighted by molar-refractivity contribution is 0.242. The van der Waals surface area contributed by atoms with Gasteiger partial charge in [0, 0.05) is 6.54 Å². The van der Waals surface area contributed by atoms with Gasteiger partial charge in [0.25, 0.3) is 10.0 Å². The fourth-order valence-corrected chi connectivity index (χ4v) is 3.00. The van der Waals surface area contributed by atoms with Crippen molar-refractivity contribution in [2.75, 3.05) is 16.6 Å². The number of ether oxygens (including phenoxy) is 1. The van der Waals surface area contributed by atoms with Crippen molar-refractivity contribution in [1.82, 2.24) is 4.98 Å². The Morgan fingerprint density at radius 2 is 1.83 bits per heavy atom. The van der Waals surface area contributed by atoms with Crippen molar-refractivity contribution in [1.29, 1.82) is 0 Å². The van der Waals surface area contributed by atoms with Gasteiger partial charge in [-0.25, -0.2) is 13.4 Å². The van der Waals surface area contributed by atoms with Gasteiger partial charge in [0.15, 0.2) is 0 Å². The molecule has 0 saturated heterocycles. The van der Waals surface area contributed by atoms with Crippen LogP contribution in [0.25, 0.3) is 0 Å². The van der Waals surface area contributed by atoms with Crippen LogP contribution in [0.3, 0.4) is 0 Å². The average Bonchev–Trinajstić information content (AvgIpc) is 2.54. The monoisotopic (exact) mass is 349 g/mol. The molecule has 6 nitrogen and oxygen atoms in total. The van der Waals surface area contributed by atoms with Gasteiger partial charge in [-0.1, -0.05) is 6.92 Å². The van der Waals surface area contributed by atoms with E-state index in [-0.39, 0.29) is 16.8 Å². The van der Waals surface area contributed by atoms with Crippen molar-refractivity contribution in [2.45, 2.75) is 38.2 Å². The first-order chi connectivity index (χ1) is 11.4. The van der Waals surface area contributed by atoms with E-state index in [2.05, 4.69) is 21.9 Å². The summed E-state index contributed by atoms with van der Waals surface area (Å²) in [4.78, 5) is 4.28. The standard InChI is InChI=1S/C17H23N3O3S/c1-4-11-18-14-5-10-17(19-12-14)20-24(21,22)16-8-6-15(7-9-16)23-13(2)3/h5-10,12-13,18H,4,11H2,1-3H3,(H,19,20). The van der Waals surface area contributed by atoms with E-state index in [4.69, 9.17) is 4.74 Å². The normalized spacial score (nSPS) is 11.3. The number of benzene rings is 1. The molecule has 1 heterocycles. The third-order valence-corrected chi connectivity index (χ3v) is 4.46. The van der Waals surface area contributed by atoms with Gasteiger partial charge in [-0.05, 0) is 56.7 Å². The van der Waals surface area contributed by atoms with Crippen LogP contribution in [0.5, 0.6) is 5.75 Å². The molecule has 0 bridgehead atoms. The second kappa shape index (κ2) is 8.01. The highest BCUT2D eigenvalue weighted by atomic mass is 32.2. The molecule has 0 fully saturated rings. The number of pyridine rings is 1. The molecule has 2 rings (SSSR count). The van der Waals surface area contributed by atoms with Gasteiger partial charge in [-0.3, -0.25) is 4.72 Å². The van der Waals surface area contributed by atoms with Gasteiger partial charge in [0.1, 0.15) is 11.6 Å². The minimum absolute atomic E-state index is 0.0367. The van der Waals surface area contributed by atoms with Crippen molar-refractivity contribution in [3.05, 3.63) is 42.6 Å². The summed E-state index contributed by atoms with van der Waals surface area (Å²) in [7, 11) is -3.68. The number of anilines is 2. The van der Waals surface area contributed by atoms with Crippen LogP contribution < -0.4 is 14.8 Å². The summed E-state index contributed by atoms with van der Waals surface area (Å²) >= 11 is 0. The summed E-state index contributed by atoms with van der Waals surface area (Å²) in [6.45, 7) is 6.74. The van der Waals surface area contributed by atoms with Crippen molar-refractivity contribution >= 4 is 21.5 Å². The molecule has 0 spiro atoms. The predicted octanol–water partition coefficient (Wildman–Crippen LogP) is 3.49. The molecule has 0 atom stereocenters. The van der Waals surface area contributed by atoms with E-state index in [1.165, 1.54) is 12.1 Å². The van der Waals surface area contributed by atoms with E-state index in [0.29, 0.717) is 5.75 Å². The van der Waals surface area contributed by atoms with E-state index in [0.717, 1.165) is 18.7 Å². The molecule has 24 heavy (non-hydrogen) atoms. The second-order valence-corrected chi connectivity index (χ2v) is 7.28. The van der Waals surface area contributed by atoms with E-state index in [9.17, 15) is 8.42 Å². The third-order valence-electron chi connectivity index (χ3n) is 3.09. The van der Waals surface area contributed by atoms with Crippen LogP contribution in [0, 0.1) is 0 Å². The molecule has 130 valence electrons. The number of hydrogen-bond donors (Lipinski definition) is 2. The van der Waals surface area contributed by atoms with Crippen LogP contribution in [0.15, 0.2) is 47.5 Å². The SMILES string of the molecule is CCCNc1ccc(NS(=O)(=O)c2ccc(OC(C)C)cc2)nc1. The maximum atomic E-state index is 12.4. The maximum absolute atomic E-state index is 12.4. The summed E-state index contributed by atoms with van der Waals surface area (Å²) in [5, 5.41) is 3.18. The molecule has 0 radical (unpaired) electrons. The zero-order chi connectivity index (χ0) is 17.6. The molecule has 7 heteroatoms. The topological polar surface area (TPSA) is 80.3 Å². The van der Waals surface area contributed by atoms with Gasteiger partial charge in [-0.15, -0.1) is 0 Å². The van der Waals surface area contributed by atoms with Crippen LogP contribution in [0.2, 0.25) is 0 Å². The molecule has 2 N–H and O–H groups in total. The van der Waals surface area contributed by atoms with Crippen LogP contribution in [-0.2, 0) is 10.0 Å².